The first-order valence-corrected chi connectivity index (χ1v) is 11.5. The standard InChI is InChI=1S/C20H23N3O3S2/c1-15-5-7-16(8-6-15)13-26-14-18-17-12-23(10-9-19(17)22(2)21-18)28(24,25)20-4-3-11-27-20/h3-8,11H,9-10,12-14H2,1-2H3. The number of aryl methyl sites for hydroxylation is 2. The lowest BCUT2D eigenvalue weighted by molar-refractivity contribution is 0.103. The van der Waals surface area contributed by atoms with Gasteiger partial charge in [0, 0.05) is 37.8 Å². The minimum Gasteiger partial charge on any atom is -0.370 e. The summed E-state index contributed by atoms with van der Waals surface area (Å²) in [5.74, 6) is 0. The molecule has 0 bridgehead atoms. The number of hydrogen-bond acceptors (Lipinski definition) is 5. The normalized spacial score (nSPS) is 14.9. The van der Waals surface area contributed by atoms with Crippen LogP contribution in [0.2, 0.25) is 0 Å². The van der Waals surface area contributed by atoms with Crippen molar-refractivity contribution in [3.63, 3.8) is 0 Å². The fourth-order valence-corrected chi connectivity index (χ4v) is 6.01. The van der Waals surface area contributed by atoms with E-state index < -0.39 is 10.0 Å². The number of sulfonamides is 1. The number of nitrogens with zero attached hydrogens (tertiary/aromatic N) is 3. The quantitative estimate of drug-likeness (QED) is 0.618. The van der Waals surface area contributed by atoms with E-state index in [0.29, 0.717) is 36.9 Å². The molecule has 0 saturated carbocycles. The molecule has 0 N–H and O–H groups in total. The van der Waals surface area contributed by atoms with E-state index in [0.717, 1.165) is 22.5 Å². The van der Waals surface area contributed by atoms with Crippen LogP contribution in [0.25, 0.3) is 0 Å². The first-order valence-electron chi connectivity index (χ1n) is 9.16. The number of ether oxygens (including phenoxy) is 1. The Morgan fingerprint density at radius 2 is 1.96 bits per heavy atom. The fraction of sp³-hybridized carbons (Fsp3) is 0.350. The van der Waals surface area contributed by atoms with Crippen LogP contribution in [0, 0.1) is 6.92 Å². The summed E-state index contributed by atoms with van der Waals surface area (Å²) in [4.78, 5) is 0. The lowest BCUT2D eigenvalue weighted by Gasteiger charge is -2.26. The Morgan fingerprint density at radius 3 is 2.68 bits per heavy atom. The SMILES string of the molecule is Cc1ccc(COCc2nn(C)c3c2CN(S(=O)(=O)c2cccs2)CC3)cc1. The van der Waals surface area contributed by atoms with E-state index in [4.69, 9.17) is 4.74 Å². The second kappa shape index (κ2) is 7.79. The summed E-state index contributed by atoms with van der Waals surface area (Å²) >= 11 is 1.25. The maximum absolute atomic E-state index is 12.9. The van der Waals surface area contributed by atoms with E-state index in [2.05, 4.69) is 36.3 Å². The zero-order valence-electron chi connectivity index (χ0n) is 16.0. The molecule has 28 heavy (non-hydrogen) atoms. The third-order valence-electron chi connectivity index (χ3n) is 5.01. The molecule has 0 spiro atoms. The molecule has 1 aliphatic heterocycles. The number of rotatable bonds is 6. The van der Waals surface area contributed by atoms with Gasteiger partial charge in [0.2, 0.25) is 0 Å². The largest absolute Gasteiger partial charge is 0.370 e. The van der Waals surface area contributed by atoms with Crippen molar-refractivity contribution in [1.29, 1.82) is 0 Å². The topological polar surface area (TPSA) is 64.4 Å². The second-order valence-corrected chi connectivity index (χ2v) is 10.1. The highest BCUT2D eigenvalue weighted by Crippen LogP contribution is 2.29. The molecule has 1 aromatic carbocycles. The first kappa shape index (κ1) is 19.3. The smallest absolute Gasteiger partial charge is 0.252 e. The monoisotopic (exact) mass is 417 g/mol. The van der Waals surface area contributed by atoms with E-state index in [9.17, 15) is 8.42 Å². The van der Waals surface area contributed by atoms with Crippen LogP contribution in [0.15, 0.2) is 46.0 Å². The van der Waals surface area contributed by atoms with Crippen molar-refractivity contribution in [3.05, 3.63) is 69.9 Å². The molecule has 6 nitrogen and oxygen atoms in total. The average Bonchev–Trinajstić information content (AvgIpc) is 3.33. The molecule has 0 unspecified atom stereocenters. The molecule has 8 heteroatoms. The van der Waals surface area contributed by atoms with E-state index in [-0.39, 0.29) is 0 Å². The van der Waals surface area contributed by atoms with Gasteiger partial charge in [-0.05, 0) is 23.9 Å². The molecular formula is C20H23N3O3S2. The molecule has 0 saturated heterocycles. The predicted octanol–water partition coefficient (Wildman–Crippen LogP) is 3.25. The van der Waals surface area contributed by atoms with Crippen LogP contribution < -0.4 is 0 Å². The predicted molar refractivity (Wildman–Crippen MR) is 108 cm³/mol. The number of hydrogen-bond donors (Lipinski definition) is 0. The Morgan fingerprint density at radius 1 is 1.18 bits per heavy atom. The average molecular weight is 418 g/mol. The molecule has 2 aromatic heterocycles. The van der Waals surface area contributed by atoms with Gasteiger partial charge < -0.3 is 4.74 Å². The Hall–Kier alpha value is -2.00. The molecule has 1 aliphatic rings. The van der Waals surface area contributed by atoms with Gasteiger partial charge in [-0.15, -0.1) is 11.3 Å². The van der Waals surface area contributed by atoms with Crippen LogP contribution in [0.4, 0.5) is 0 Å². The summed E-state index contributed by atoms with van der Waals surface area (Å²) in [5, 5.41) is 6.38. The Balaban J connectivity index is 1.49. The van der Waals surface area contributed by atoms with Crippen molar-refractivity contribution in [2.75, 3.05) is 6.54 Å². The fourth-order valence-electron chi connectivity index (χ4n) is 3.45. The molecule has 0 radical (unpaired) electrons. The van der Waals surface area contributed by atoms with Gasteiger partial charge in [0.1, 0.15) is 4.21 Å². The Labute approximate surface area is 169 Å². The van der Waals surface area contributed by atoms with E-state index in [1.807, 2.05) is 11.7 Å². The maximum Gasteiger partial charge on any atom is 0.252 e. The molecule has 3 aromatic rings. The van der Waals surface area contributed by atoms with Gasteiger partial charge in [0.15, 0.2) is 0 Å². The van der Waals surface area contributed by atoms with Gasteiger partial charge in [-0.25, -0.2) is 8.42 Å². The lowest BCUT2D eigenvalue weighted by atomic mass is 10.1. The van der Waals surface area contributed by atoms with Crippen LogP contribution in [0.3, 0.4) is 0 Å². The van der Waals surface area contributed by atoms with Crippen LogP contribution in [-0.2, 0) is 48.0 Å². The summed E-state index contributed by atoms with van der Waals surface area (Å²) < 4.78 is 35.4. The zero-order valence-corrected chi connectivity index (χ0v) is 17.6. The van der Waals surface area contributed by atoms with Crippen LogP contribution in [0.1, 0.15) is 28.1 Å². The second-order valence-electron chi connectivity index (χ2n) is 6.99. The Bertz CT molecular complexity index is 1060. The molecule has 148 valence electrons. The minimum atomic E-state index is -3.46. The van der Waals surface area contributed by atoms with Crippen LogP contribution in [0.5, 0.6) is 0 Å². The van der Waals surface area contributed by atoms with Crippen molar-refractivity contribution in [3.8, 4) is 0 Å². The van der Waals surface area contributed by atoms with Crippen molar-refractivity contribution in [2.45, 2.75) is 37.3 Å². The van der Waals surface area contributed by atoms with Gasteiger partial charge in [-0.2, -0.15) is 9.40 Å². The number of benzene rings is 1. The zero-order chi connectivity index (χ0) is 19.7. The Kier molecular flexibility index (Phi) is 5.37. The molecule has 4 rings (SSSR count). The van der Waals surface area contributed by atoms with Gasteiger partial charge in [-0.3, -0.25) is 4.68 Å². The van der Waals surface area contributed by atoms with Gasteiger partial charge in [-0.1, -0.05) is 35.9 Å². The van der Waals surface area contributed by atoms with Crippen molar-refractivity contribution in [2.24, 2.45) is 7.05 Å². The summed E-state index contributed by atoms with van der Waals surface area (Å²) in [5.41, 5.74) is 5.20. The van der Waals surface area contributed by atoms with Gasteiger partial charge >= 0.3 is 0 Å². The number of fused-ring (bicyclic) bond motifs is 1. The molecular weight excluding hydrogens is 394 g/mol. The minimum absolute atomic E-state index is 0.340. The molecule has 0 fully saturated rings. The maximum atomic E-state index is 12.9. The number of aromatic nitrogens is 2. The summed E-state index contributed by atoms with van der Waals surface area (Å²) in [6.07, 6.45) is 0.654. The highest BCUT2D eigenvalue weighted by atomic mass is 32.2. The third kappa shape index (κ3) is 3.77. The van der Waals surface area contributed by atoms with E-state index in [1.165, 1.54) is 16.9 Å². The first-order chi connectivity index (χ1) is 13.4. The highest BCUT2D eigenvalue weighted by Gasteiger charge is 2.32. The van der Waals surface area contributed by atoms with Crippen LogP contribution >= 0.6 is 11.3 Å². The summed E-state index contributed by atoms with van der Waals surface area (Å²) in [7, 11) is -1.55. The van der Waals surface area contributed by atoms with Crippen molar-refractivity contribution < 1.29 is 13.2 Å². The molecule has 0 aliphatic carbocycles. The molecule has 3 heterocycles. The van der Waals surface area contributed by atoms with E-state index in [1.54, 1.807) is 21.8 Å². The van der Waals surface area contributed by atoms with Crippen molar-refractivity contribution in [1.82, 2.24) is 14.1 Å². The number of thiophene rings is 1. The summed E-state index contributed by atoms with van der Waals surface area (Å²) in [6, 6.07) is 11.7. The van der Waals surface area contributed by atoms with Gasteiger partial charge in [0.25, 0.3) is 10.0 Å². The summed E-state index contributed by atoms with van der Waals surface area (Å²) in [6.45, 7) is 3.73. The van der Waals surface area contributed by atoms with Gasteiger partial charge in [0.05, 0.1) is 18.9 Å². The molecule has 0 atom stereocenters. The van der Waals surface area contributed by atoms with Crippen molar-refractivity contribution >= 4 is 21.4 Å². The van der Waals surface area contributed by atoms with Crippen LogP contribution in [-0.4, -0.2) is 29.0 Å². The lowest BCUT2D eigenvalue weighted by Crippen LogP contribution is -2.36. The molecule has 0 amide bonds. The third-order valence-corrected chi connectivity index (χ3v) is 8.23. The van der Waals surface area contributed by atoms with E-state index >= 15 is 0 Å². The highest BCUT2D eigenvalue weighted by molar-refractivity contribution is 7.91.